The van der Waals surface area contributed by atoms with Crippen LogP contribution in [0, 0.1) is 0 Å². The van der Waals surface area contributed by atoms with Gasteiger partial charge in [-0.25, -0.2) is 18.7 Å². The summed E-state index contributed by atoms with van der Waals surface area (Å²) < 4.78 is 13.8. The molecule has 2 rings (SSSR count). The molecule has 0 fully saturated rings. The van der Waals surface area contributed by atoms with Crippen molar-refractivity contribution < 1.29 is 40.6 Å². The van der Waals surface area contributed by atoms with Crippen LogP contribution >= 0.6 is 0 Å². The predicted molar refractivity (Wildman–Crippen MR) is 86.8 cm³/mol. The summed E-state index contributed by atoms with van der Waals surface area (Å²) in [6, 6.07) is 8.21. The molecule has 0 aliphatic rings. The first-order valence-corrected chi connectivity index (χ1v) is 8.01. The third kappa shape index (κ3) is 6.34. The number of ether oxygens (including phenoxy) is 2. The van der Waals surface area contributed by atoms with Crippen LogP contribution in [0.1, 0.15) is 31.4 Å². The third-order valence-electron chi connectivity index (χ3n) is 3.50. The van der Waals surface area contributed by atoms with Gasteiger partial charge in [-0.2, -0.15) is 0 Å². The first-order valence-electron chi connectivity index (χ1n) is 8.01. The van der Waals surface area contributed by atoms with E-state index in [0.717, 1.165) is 18.4 Å². The van der Waals surface area contributed by atoms with Gasteiger partial charge in [0.2, 0.25) is 6.33 Å². The second kappa shape index (κ2) is 10.7. The molecule has 1 heterocycles. The fraction of sp³-hybridized carbons (Fsp3) is 0.389. The van der Waals surface area contributed by atoms with Crippen LogP contribution in [0.4, 0.5) is 0 Å². The van der Waals surface area contributed by atoms with E-state index in [1.54, 1.807) is 23.3 Å². The summed E-state index contributed by atoms with van der Waals surface area (Å²) in [6.45, 7) is 2.42. The second-order valence-corrected chi connectivity index (χ2v) is 5.54. The number of nitrogens with zero attached hydrogens (tertiary/aromatic N) is 2. The van der Waals surface area contributed by atoms with Crippen LogP contribution < -0.4 is 21.5 Å². The van der Waals surface area contributed by atoms with E-state index in [0.29, 0.717) is 6.61 Å². The lowest BCUT2D eigenvalue weighted by Crippen LogP contribution is -3.00. The Morgan fingerprint density at radius 1 is 1.16 bits per heavy atom. The molecule has 1 aromatic heterocycles. The third-order valence-corrected chi connectivity index (χ3v) is 3.50. The van der Waals surface area contributed by atoms with Gasteiger partial charge in [0.1, 0.15) is 19.0 Å². The minimum Gasteiger partial charge on any atom is -1.00 e. The van der Waals surface area contributed by atoms with E-state index in [1.807, 2.05) is 44.3 Å². The van der Waals surface area contributed by atoms with Gasteiger partial charge in [-0.15, -0.1) is 0 Å². The van der Waals surface area contributed by atoms with Crippen molar-refractivity contribution in [3.05, 3.63) is 54.6 Å². The van der Waals surface area contributed by atoms with Crippen molar-refractivity contribution in [3.63, 3.8) is 0 Å². The van der Waals surface area contributed by atoms with Crippen molar-refractivity contribution in [2.24, 2.45) is 7.05 Å². The number of imidazole rings is 1. The smallest absolute Gasteiger partial charge is 0.364 e. The number of carbonyl (C=O) groups is 2. The average molecular weight is 411 g/mol. The molecule has 0 amide bonds. The number of aryl methyl sites for hydroxylation is 1. The van der Waals surface area contributed by atoms with E-state index >= 15 is 0 Å². The van der Waals surface area contributed by atoms with Gasteiger partial charge in [-0.3, -0.25) is 0 Å². The molecule has 0 unspecified atom stereocenters. The fourth-order valence-corrected chi connectivity index (χ4v) is 2.17. The zero-order valence-corrected chi connectivity index (χ0v) is 16.0. The number of benzene rings is 1. The fourth-order valence-electron chi connectivity index (χ4n) is 2.17. The highest BCUT2D eigenvalue weighted by Gasteiger charge is 2.36. The number of unbranched alkanes of at least 4 members (excludes halogenated alkanes) is 1. The van der Waals surface area contributed by atoms with Gasteiger partial charge < -0.3 is 26.5 Å². The number of rotatable bonds is 8. The van der Waals surface area contributed by atoms with Crippen molar-refractivity contribution in [3.8, 4) is 0 Å². The van der Waals surface area contributed by atoms with Gasteiger partial charge >= 0.3 is 11.9 Å². The Kier molecular flexibility index (Phi) is 8.91. The standard InChI is InChI=1S/C18H23N2O4.BrH/c1-3-4-12-23-17(21)16(20-11-10-19(2)14-20)18(22)24-13-15-8-6-5-7-9-15;/h5-11,14,16H,3-4,12-13H2,1-2H3;1H/q+1;/p-1/t16-;/m0./s1. The van der Waals surface area contributed by atoms with Crippen molar-refractivity contribution in [1.29, 1.82) is 0 Å². The maximum absolute atomic E-state index is 12.4. The van der Waals surface area contributed by atoms with Gasteiger partial charge in [0, 0.05) is 0 Å². The summed E-state index contributed by atoms with van der Waals surface area (Å²) in [4.78, 5) is 24.8. The lowest BCUT2D eigenvalue weighted by Gasteiger charge is -2.13. The SMILES string of the molecule is CCCCOC(=O)[C@@H](C(=O)OCc1ccccc1)n1cc[n+](C)c1.[Br-]. The maximum atomic E-state index is 12.4. The number of carbonyl (C=O) groups excluding carboxylic acids is 2. The van der Waals surface area contributed by atoms with Gasteiger partial charge in [-0.1, -0.05) is 43.7 Å². The molecule has 0 saturated heterocycles. The van der Waals surface area contributed by atoms with Crippen molar-refractivity contribution in [2.45, 2.75) is 32.4 Å². The topological polar surface area (TPSA) is 61.4 Å². The van der Waals surface area contributed by atoms with Crippen LogP contribution in [-0.4, -0.2) is 23.1 Å². The van der Waals surface area contributed by atoms with Crippen LogP contribution in [-0.2, 0) is 32.7 Å². The first kappa shape index (κ1) is 20.9. The second-order valence-electron chi connectivity index (χ2n) is 5.54. The van der Waals surface area contributed by atoms with Gasteiger partial charge in [0.05, 0.1) is 13.7 Å². The monoisotopic (exact) mass is 410 g/mol. The predicted octanol–water partition coefficient (Wildman–Crippen LogP) is -1.06. The summed E-state index contributed by atoms with van der Waals surface area (Å²) >= 11 is 0. The molecule has 6 nitrogen and oxygen atoms in total. The highest BCUT2D eigenvalue weighted by atomic mass is 79.9. The molecule has 2 aromatic rings. The van der Waals surface area contributed by atoms with Crippen LogP contribution in [0.2, 0.25) is 0 Å². The lowest BCUT2D eigenvalue weighted by atomic mass is 10.2. The normalized spacial score (nSPS) is 11.3. The Balaban J connectivity index is 0.00000312. The van der Waals surface area contributed by atoms with Crippen LogP contribution in [0.5, 0.6) is 0 Å². The Bertz CT molecular complexity index is 673. The number of hydrogen-bond donors (Lipinski definition) is 0. The molecule has 1 atom stereocenters. The molecule has 0 N–H and O–H groups in total. The Labute approximate surface area is 158 Å². The van der Waals surface area contributed by atoms with E-state index in [1.165, 1.54) is 4.57 Å². The van der Waals surface area contributed by atoms with Gasteiger partial charge in [0.25, 0.3) is 6.04 Å². The molecule has 0 spiro atoms. The minimum absolute atomic E-state index is 0. The average Bonchev–Trinajstić information content (AvgIpc) is 3.00. The van der Waals surface area contributed by atoms with Crippen molar-refractivity contribution in [2.75, 3.05) is 6.61 Å². The molecule has 0 radical (unpaired) electrons. The lowest BCUT2D eigenvalue weighted by molar-refractivity contribution is -0.671. The largest absolute Gasteiger partial charge is 1.00 e. The molecule has 1 aromatic carbocycles. The number of hydrogen-bond acceptors (Lipinski definition) is 4. The van der Waals surface area contributed by atoms with E-state index in [-0.39, 0.29) is 23.6 Å². The number of halogens is 1. The minimum atomic E-state index is -1.13. The Morgan fingerprint density at radius 2 is 1.84 bits per heavy atom. The number of aromatic nitrogens is 2. The van der Waals surface area contributed by atoms with Crippen LogP contribution in [0.3, 0.4) is 0 Å². The van der Waals surface area contributed by atoms with Crippen molar-refractivity contribution in [1.82, 2.24) is 4.57 Å². The molecule has 25 heavy (non-hydrogen) atoms. The van der Waals surface area contributed by atoms with E-state index < -0.39 is 18.0 Å². The summed E-state index contributed by atoms with van der Waals surface area (Å²) in [5, 5.41) is 0. The number of esters is 2. The summed E-state index contributed by atoms with van der Waals surface area (Å²) in [5.74, 6) is -1.23. The zero-order chi connectivity index (χ0) is 17.4. The maximum Gasteiger partial charge on any atom is 0.364 e. The van der Waals surface area contributed by atoms with E-state index in [2.05, 4.69) is 0 Å². The summed E-state index contributed by atoms with van der Waals surface area (Å²) in [5.41, 5.74) is 0.863. The zero-order valence-electron chi connectivity index (χ0n) is 14.4. The van der Waals surface area contributed by atoms with E-state index in [4.69, 9.17) is 9.47 Å². The first-order chi connectivity index (χ1) is 11.6. The molecular formula is C18H23BrN2O4. The quantitative estimate of drug-likeness (QED) is 0.241. The van der Waals surface area contributed by atoms with Crippen LogP contribution in [0.25, 0.3) is 0 Å². The van der Waals surface area contributed by atoms with Crippen molar-refractivity contribution >= 4 is 11.9 Å². The molecule has 0 saturated carbocycles. The highest BCUT2D eigenvalue weighted by Crippen LogP contribution is 2.13. The molecule has 136 valence electrons. The molecule has 0 aliphatic heterocycles. The Morgan fingerprint density at radius 3 is 2.44 bits per heavy atom. The molecular weight excluding hydrogens is 388 g/mol. The van der Waals surface area contributed by atoms with Crippen LogP contribution in [0.15, 0.2) is 49.1 Å². The molecule has 7 heteroatoms. The molecule has 0 bridgehead atoms. The Hall–Kier alpha value is -2.15. The highest BCUT2D eigenvalue weighted by molar-refractivity contribution is 5.97. The summed E-state index contributed by atoms with van der Waals surface area (Å²) in [6.07, 6.45) is 6.72. The summed E-state index contributed by atoms with van der Waals surface area (Å²) in [7, 11) is 1.81. The molecule has 0 aliphatic carbocycles. The van der Waals surface area contributed by atoms with E-state index in [9.17, 15) is 9.59 Å². The van der Waals surface area contributed by atoms with Gasteiger partial charge in [0.15, 0.2) is 0 Å². The van der Waals surface area contributed by atoms with Gasteiger partial charge in [-0.05, 0) is 12.0 Å².